The second kappa shape index (κ2) is 7.61. The van der Waals surface area contributed by atoms with Crippen LogP contribution in [0.3, 0.4) is 0 Å². The highest BCUT2D eigenvalue weighted by atomic mass is 19.4. The number of halogens is 3. The average molecular weight is 408 g/mol. The molecule has 0 saturated heterocycles. The highest BCUT2D eigenvalue weighted by Crippen LogP contribution is 2.52. The minimum Gasteiger partial charge on any atom is -0.491 e. The van der Waals surface area contributed by atoms with Crippen LogP contribution in [0.25, 0.3) is 0 Å². The van der Waals surface area contributed by atoms with Gasteiger partial charge in [-0.3, -0.25) is 4.79 Å². The standard InChI is InChI=1S/C22H23F3O4/c1-13(2)27-16-10-18(28-14(3)4)20-17(26)12-21(22(23,24)25,29-19(20)11-16)15-8-6-5-7-9-15/h5-11,13-14H,12H2,1-4H3. The molecule has 0 radical (unpaired) electrons. The van der Waals surface area contributed by atoms with Gasteiger partial charge in [0.25, 0.3) is 0 Å². The zero-order valence-corrected chi connectivity index (χ0v) is 16.7. The van der Waals surface area contributed by atoms with Gasteiger partial charge in [-0.05, 0) is 27.7 Å². The molecule has 2 aromatic rings. The van der Waals surface area contributed by atoms with Gasteiger partial charge in [0.2, 0.25) is 5.60 Å². The molecular weight excluding hydrogens is 385 g/mol. The van der Waals surface area contributed by atoms with Crippen LogP contribution in [-0.4, -0.2) is 24.2 Å². The van der Waals surface area contributed by atoms with Crippen molar-refractivity contribution in [1.29, 1.82) is 0 Å². The summed E-state index contributed by atoms with van der Waals surface area (Å²) in [5.41, 5.74) is -2.90. The van der Waals surface area contributed by atoms with Crippen molar-refractivity contribution in [3.05, 3.63) is 53.6 Å². The summed E-state index contributed by atoms with van der Waals surface area (Å²) >= 11 is 0. The van der Waals surface area contributed by atoms with Crippen LogP contribution in [0.5, 0.6) is 17.2 Å². The second-order valence-corrected chi connectivity index (χ2v) is 7.52. The van der Waals surface area contributed by atoms with E-state index >= 15 is 0 Å². The fourth-order valence-corrected chi connectivity index (χ4v) is 3.34. The molecule has 1 heterocycles. The first kappa shape index (κ1) is 21.0. The SMILES string of the molecule is CC(C)Oc1cc(OC(C)C)c2c(c1)OC(c1ccccc1)(C(F)(F)F)CC2=O. The van der Waals surface area contributed by atoms with Crippen LogP contribution in [0, 0.1) is 0 Å². The lowest BCUT2D eigenvalue weighted by Gasteiger charge is -2.40. The maximum absolute atomic E-state index is 14.2. The lowest BCUT2D eigenvalue weighted by atomic mass is 9.83. The first-order valence-electron chi connectivity index (χ1n) is 9.39. The Morgan fingerprint density at radius 3 is 2.17 bits per heavy atom. The predicted molar refractivity (Wildman–Crippen MR) is 102 cm³/mol. The number of hydrogen-bond donors (Lipinski definition) is 0. The molecule has 0 N–H and O–H groups in total. The number of alkyl halides is 3. The van der Waals surface area contributed by atoms with Gasteiger partial charge in [0.1, 0.15) is 22.8 Å². The maximum atomic E-state index is 14.2. The Morgan fingerprint density at radius 1 is 1.00 bits per heavy atom. The molecule has 2 aromatic carbocycles. The molecule has 1 unspecified atom stereocenters. The lowest BCUT2D eigenvalue weighted by Crippen LogP contribution is -2.51. The van der Waals surface area contributed by atoms with Crippen molar-refractivity contribution in [3.63, 3.8) is 0 Å². The number of hydrogen-bond acceptors (Lipinski definition) is 4. The van der Waals surface area contributed by atoms with Crippen LogP contribution >= 0.6 is 0 Å². The molecule has 3 rings (SSSR count). The summed E-state index contributed by atoms with van der Waals surface area (Å²) in [5.74, 6) is -0.467. The number of fused-ring (bicyclic) bond motifs is 1. The summed E-state index contributed by atoms with van der Waals surface area (Å²) in [6.45, 7) is 7.11. The number of ether oxygens (including phenoxy) is 3. The van der Waals surface area contributed by atoms with E-state index in [2.05, 4.69) is 0 Å². The number of ketones is 1. The smallest absolute Gasteiger partial charge is 0.433 e. The highest BCUT2D eigenvalue weighted by Gasteiger charge is 2.62. The highest BCUT2D eigenvalue weighted by molar-refractivity contribution is 6.03. The summed E-state index contributed by atoms with van der Waals surface area (Å²) in [7, 11) is 0. The summed E-state index contributed by atoms with van der Waals surface area (Å²) in [6.07, 6.45) is -6.19. The lowest BCUT2D eigenvalue weighted by molar-refractivity contribution is -0.255. The minimum absolute atomic E-state index is 0.00520. The van der Waals surface area contributed by atoms with E-state index in [1.54, 1.807) is 33.8 Å². The largest absolute Gasteiger partial charge is 0.491 e. The van der Waals surface area contributed by atoms with Crippen LogP contribution in [0.2, 0.25) is 0 Å². The molecule has 0 saturated carbocycles. The third kappa shape index (κ3) is 4.04. The first-order valence-corrected chi connectivity index (χ1v) is 9.39. The number of carbonyl (C=O) groups is 1. The monoisotopic (exact) mass is 408 g/mol. The topological polar surface area (TPSA) is 44.8 Å². The molecule has 4 nitrogen and oxygen atoms in total. The quantitative estimate of drug-likeness (QED) is 0.638. The third-order valence-electron chi connectivity index (χ3n) is 4.44. The van der Waals surface area contributed by atoms with E-state index in [1.807, 2.05) is 0 Å². The van der Waals surface area contributed by atoms with Gasteiger partial charge in [0.05, 0.1) is 18.6 Å². The third-order valence-corrected chi connectivity index (χ3v) is 4.44. The Kier molecular flexibility index (Phi) is 5.52. The molecule has 1 aliphatic rings. The number of rotatable bonds is 5. The summed E-state index contributed by atoms with van der Waals surface area (Å²) < 4.78 is 59.6. The van der Waals surface area contributed by atoms with Crippen molar-refractivity contribution in [1.82, 2.24) is 0 Å². The van der Waals surface area contributed by atoms with Gasteiger partial charge in [-0.1, -0.05) is 30.3 Å². The average Bonchev–Trinajstić information content (AvgIpc) is 2.59. The summed E-state index contributed by atoms with van der Waals surface area (Å²) in [5, 5.41) is 0. The van der Waals surface area contributed by atoms with Gasteiger partial charge in [-0.2, -0.15) is 13.2 Å². The molecule has 0 amide bonds. The zero-order valence-electron chi connectivity index (χ0n) is 16.7. The van der Waals surface area contributed by atoms with E-state index in [9.17, 15) is 18.0 Å². The van der Waals surface area contributed by atoms with E-state index < -0.39 is 24.0 Å². The fraction of sp³-hybridized carbons (Fsp3) is 0.409. The molecule has 0 bridgehead atoms. The molecule has 156 valence electrons. The molecule has 1 atom stereocenters. The number of Topliss-reactive ketones (excluding diaryl/α,β-unsaturated/α-hetero) is 1. The Balaban J connectivity index is 2.19. The first-order chi connectivity index (χ1) is 13.5. The summed E-state index contributed by atoms with van der Waals surface area (Å²) in [4.78, 5) is 13.0. The van der Waals surface area contributed by atoms with E-state index in [0.29, 0.717) is 0 Å². The van der Waals surface area contributed by atoms with Crippen molar-refractivity contribution in [2.75, 3.05) is 0 Å². The maximum Gasteiger partial charge on any atom is 0.433 e. The number of benzene rings is 2. The minimum atomic E-state index is -4.81. The zero-order chi connectivity index (χ0) is 21.4. The second-order valence-electron chi connectivity index (χ2n) is 7.52. The summed E-state index contributed by atoms with van der Waals surface area (Å²) in [6, 6.07) is 10.0. The van der Waals surface area contributed by atoms with Gasteiger partial charge in [-0.25, -0.2) is 0 Å². The number of carbonyl (C=O) groups excluding carboxylic acids is 1. The van der Waals surface area contributed by atoms with Gasteiger partial charge in [0, 0.05) is 17.7 Å². The van der Waals surface area contributed by atoms with Crippen LogP contribution < -0.4 is 14.2 Å². The van der Waals surface area contributed by atoms with Crippen molar-refractivity contribution < 1.29 is 32.2 Å². The van der Waals surface area contributed by atoms with Crippen molar-refractivity contribution >= 4 is 5.78 Å². The van der Waals surface area contributed by atoms with E-state index in [4.69, 9.17) is 14.2 Å². The molecule has 1 aliphatic heterocycles. The Hall–Kier alpha value is -2.70. The predicted octanol–water partition coefficient (Wildman–Crippen LogP) is 5.68. The molecule has 0 aromatic heterocycles. The molecule has 0 aliphatic carbocycles. The van der Waals surface area contributed by atoms with Gasteiger partial charge in [-0.15, -0.1) is 0 Å². The molecule has 7 heteroatoms. The molecule has 0 spiro atoms. The van der Waals surface area contributed by atoms with E-state index in [0.717, 1.165) is 0 Å². The van der Waals surface area contributed by atoms with Crippen LogP contribution in [0.1, 0.15) is 50.0 Å². The van der Waals surface area contributed by atoms with Gasteiger partial charge < -0.3 is 14.2 Å². The van der Waals surface area contributed by atoms with Crippen LogP contribution in [0.4, 0.5) is 13.2 Å². The van der Waals surface area contributed by atoms with E-state index in [-0.39, 0.29) is 40.6 Å². The van der Waals surface area contributed by atoms with Crippen molar-refractivity contribution in [2.45, 2.75) is 58.1 Å². The molecule has 0 fully saturated rings. The van der Waals surface area contributed by atoms with Crippen LogP contribution in [-0.2, 0) is 5.60 Å². The normalized spacial score (nSPS) is 19.1. The van der Waals surface area contributed by atoms with E-state index in [1.165, 1.54) is 36.4 Å². The molecule has 29 heavy (non-hydrogen) atoms. The van der Waals surface area contributed by atoms with Gasteiger partial charge >= 0.3 is 6.18 Å². The Bertz CT molecular complexity index is 891. The van der Waals surface area contributed by atoms with Crippen molar-refractivity contribution in [2.24, 2.45) is 0 Å². The van der Waals surface area contributed by atoms with Crippen LogP contribution in [0.15, 0.2) is 42.5 Å². The Labute approximate surface area is 167 Å². The fourth-order valence-electron chi connectivity index (χ4n) is 3.34. The Morgan fingerprint density at radius 2 is 1.62 bits per heavy atom. The van der Waals surface area contributed by atoms with Gasteiger partial charge in [0.15, 0.2) is 5.78 Å². The molecular formula is C22H23F3O4. The van der Waals surface area contributed by atoms with Crippen molar-refractivity contribution in [3.8, 4) is 17.2 Å².